The summed E-state index contributed by atoms with van der Waals surface area (Å²) in [5.74, 6) is -0.121. The fraction of sp³-hybridized carbons (Fsp3) is 0.300. The lowest BCUT2D eigenvalue weighted by Crippen LogP contribution is -2.48. The van der Waals surface area contributed by atoms with E-state index in [4.69, 9.17) is 23.2 Å². The third-order valence-corrected chi connectivity index (χ3v) is 5.05. The Morgan fingerprint density at radius 3 is 2.37 bits per heavy atom. The van der Waals surface area contributed by atoms with Crippen LogP contribution in [0.15, 0.2) is 53.6 Å². The molecule has 1 aliphatic heterocycles. The number of benzene rings is 2. The van der Waals surface area contributed by atoms with Crippen LogP contribution in [0.1, 0.15) is 11.1 Å². The van der Waals surface area contributed by atoms with Crippen molar-refractivity contribution in [2.45, 2.75) is 6.54 Å². The number of carbonyl (C=O) groups is 1. The maximum absolute atomic E-state index is 12.1. The Morgan fingerprint density at radius 1 is 1.00 bits per heavy atom. The number of carbonyl (C=O) groups excluding carboxylic acids is 1. The second-order valence-corrected chi connectivity index (χ2v) is 7.34. The van der Waals surface area contributed by atoms with Gasteiger partial charge in [0.25, 0.3) is 5.91 Å². The molecule has 0 unspecified atom stereocenters. The molecule has 1 aliphatic rings. The van der Waals surface area contributed by atoms with Crippen LogP contribution < -0.4 is 5.43 Å². The molecule has 0 atom stereocenters. The molecule has 1 heterocycles. The SMILES string of the molecule is O=C(CN1CCN(Cc2ccc(Cl)cc2)CC1)N/N=C\c1ccccc1Cl. The van der Waals surface area contributed by atoms with E-state index in [1.807, 2.05) is 30.3 Å². The number of rotatable bonds is 6. The molecule has 1 N–H and O–H groups in total. The van der Waals surface area contributed by atoms with E-state index in [0.29, 0.717) is 11.6 Å². The number of hydrazone groups is 1. The average molecular weight is 405 g/mol. The fourth-order valence-electron chi connectivity index (χ4n) is 2.95. The van der Waals surface area contributed by atoms with Crippen LogP contribution in [-0.2, 0) is 11.3 Å². The molecule has 1 fully saturated rings. The maximum Gasteiger partial charge on any atom is 0.254 e. The molecule has 0 aromatic heterocycles. The Bertz CT molecular complexity index is 787. The average Bonchev–Trinajstić information content (AvgIpc) is 2.67. The van der Waals surface area contributed by atoms with Gasteiger partial charge in [-0.2, -0.15) is 5.10 Å². The summed E-state index contributed by atoms with van der Waals surface area (Å²) in [6.07, 6.45) is 1.56. The molecule has 0 spiro atoms. The molecule has 0 radical (unpaired) electrons. The number of piperazine rings is 1. The van der Waals surface area contributed by atoms with E-state index in [1.165, 1.54) is 5.56 Å². The molecule has 7 heteroatoms. The molecule has 142 valence electrons. The van der Waals surface area contributed by atoms with E-state index in [9.17, 15) is 4.79 Å². The highest BCUT2D eigenvalue weighted by molar-refractivity contribution is 6.33. The minimum atomic E-state index is -0.121. The predicted octanol–water partition coefficient (Wildman–Crippen LogP) is 3.26. The summed E-state index contributed by atoms with van der Waals surface area (Å²) in [7, 11) is 0. The van der Waals surface area contributed by atoms with Gasteiger partial charge < -0.3 is 0 Å². The summed E-state index contributed by atoms with van der Waals surface area (Å²) in [5.41, 5.74) is 4.59. The zero-order chi connectivity index (χ0) is 19.1. The van der Waals surface area contributed by atoms with Crippen molar-refractivity contribution >= 4 is 35.3 Å². The van der Waals surface area contributed by atoms with Gasteiger partial charge in [0.15, 0.2) is 0 Å². The van der Waals surface area contributed by atoms with Crippen molar-refractivity contribution in [3.05, 3.63) is 69.7 Å². The summed E-state index contributed by atoms with van der Waals surface area (Å²) in [6.45, 7) is 4.82. The van der Waals surface area contributed by atoms with E-state index >= 15 is 0 Å². The van der Waals surface area contributed by atoms with Gasteiger partial charge in [0, 0.05) is 48.3 Å². The van der Waals surface area contributed by atoms with Crippen LogP contribution in [0.25, 0.3) is 0 Å². The van der Waals surface area contributed by atoms with Crippen molar-refractivity contribution in [1.82, 2.24) is 15.2 Å². The first-order valence-corrected chi connectivity index (χ1v) is 9.61. The number of hydrogen-bond acceptors (Lipinski definition) is 4. The van der Waals surface area contributed by atoms with Gasteiger partial charge in [-0.1, -0.05) is 53.5 Å². The van der Waals surface area contributed by atoms with Crippen LogP contribution in [0.5, 0.6) is 0 Å². The third-order valence-electron chi connectivity index (χ3n) is 4.45. The molecule has 5 nitrogen and oxygen atoms in total. The zero-order valence-corrected chi connectivity index (χ0v) is 16.5. The Kier molecular flexibility index (Phi) is 7.24. The van der Waals surface area contributed by atoms with Gasteiger partial charge in [0.05, 0.1) is 12.8 Å². The molecule has 0 aliphatic carbocycles. The monoisotopic (exact) mass is 404 g/mol. The Labute approximate surface area is 169 Å². The summed E-state index contributed by atoms with van der Waals surface area (Å²) in [5, 5.41) is 5.35. The highest BCUT2D eigenvalue weighted by Gasteiger charge is 2.18. The maximum atomic E-state index is 12.1. The van der Waals surface area contributed by atoms with E-state index in [-0.39, 0.29) is 5.91 Å². The second-order valence-electron chi connectivity index (χ2n) is 6.49. The minimum absolute atomic E-state index is 0.121. The van der Waals surface area contributed by atoms with Crippen LogP contribution in [0.3, 0.4) is 0 Å². The summed E-state index contributed by atoms with van der Waals surface area (Å²) >= 11 is 12.0. The van der Waals surface area contributed by atoms with Gasteiger partial charge in [-0.15, -0.1) is 0 Å². The Morgan fingerprint density at radius 2 is 1.67 bits per heavy atom. The molecule has 2 aromatic rings. The van der Waals surface area contributed by atoms with Crippen molar-refractivity contribution in [3.8, 4) is 0 Å². The van der Waals surface area contributed by atoms with Gasteiger partial charge >= 0.3 is 0 Å². The molecule has 27 heavy (non-hydrogen) atoms. The van der Waals surface area contributed by atoms with Crippen molar-refractivity contribution < 1.29 is 4.79 Å². The van der Waals surface area contributed by atoms with Gasteiger partial charge in [-0.25, -0.2) is 5.43 Å². The zero-order valence-electron chi connectivity index (χ0n) is 14.9. The van der Waals surface area contributed by atoms with Crippen molar-refractivity contribution in [2.75, 3.05) is 32.7 Å². The van der Waals surface area contributed by atoms with Crippen LogP contribution in [0, 0.1) is 0 Å². The summed E-state index contributed by atoms with van der Waals surface area (Å²) in [4.78, 5) is 16.6. The fourth-order valence-corrected chi connectivity index (χ4v) is 3.26. The summed E-state index contributed by atoms with van der Waals surface area (Å²) in [6, 6.07) is 15.3. The predicted molar refractivity (Wildman–Crippen MR) is 110 cm³/mol. The molecule has 3 rings (SSSR count). The van der Waals surface area contributed by atoms with Gasteiger partial charge in [-0.3, -0.25) is 14.6 Å². The first kappa shape index (κ1) is 19.8. The topological polar surface area (TPSA) is 47.9 Å². The smallest absolute Gasteiger partial charge is 0.254 e. The van der Waals surface area contributed by atoms with Gasteiger partial charge in [0.1, 0.15) is 0 Å². The van der Waals surface area contributed by atoms with Crippen molar-refractivity contribution in [3.63, 3.8) is 0 Å². The quantitative estimate of drug-likeness (QED) is 0.593. The van der Waals surface area contributed by atoms with Crippen LogP contribution in [0.2, 0.25) is 10.0 Å². The Balaban J connectivity index is 1.39. The summed E-state index contributed by atoms with van der Waals surface area (Å²) < 4.78 is 0. The second kappa shape index (κ2) is 9.85. The van der Waals surface area contributed by atoms with E-state index in [1.54, 1.807) is 12.3 Å². The molecule has 0 saturated carbocycles. The molecule has 0 bridgehead atoms. The number of hydrogen-bond donors (Lipinski definition) is 1. The highest BCUT2D eigenvalue weighted by atomic mass is 35.5. The van der Waals surface area contributed by atoms with Crippen LogP contribution in [0.4, 0.5) is 0 Å². The lowest BCUT2D eigenvalue weighted by atomic mass is 10.2. The largest absolute Gasteiger partial charge is 0.297 e. The first-order chi connectivity index (χ1) is 13.1. The van der Waals surface area contributed by atoms with E-state index in [2.05, 4.69) is 32.5 Å². The molecule has 1 amide bonds. The van der Waals surface area contributed by atoms with E-state index < -0.39 is 0 Å². The van der Waals surface area contributed by atoms with Crippen LogP contribution in [-0.4, -0.2) is 54.6 Å². The lowest BCUT2D eigenvalue weighted by Gasteiger charge is -2.34. The third kappa shape index (κ3) is 6.33. The lowest BCUT2D eigenvalue weighted by molar-refractivity contribution is -0.122. The highest BCUT2D eigenvalue weighted by Crippen LogP contribution is 2.13. The molecule has 1 saturated heterocycles. The van der Waals surface area contributed by atoms with Crippen molar-refractivity contribution in [2.24, 2.45) is 5.10 Å². The number of nitrogens with zero attached hydrogens (tertiary/aromatic N) is 3. The van der Waals surface area contributed by atoms with E-state index in [0.717, 1.165) is 43.3 Å². The molecular weight excluding hydrogens is 383 g/mol. The van der Waals surface area contributed by atoms with Gasteiger partial charge in [-0.05, 0) is 23.8 Å². The number of amides is 1. The number of halogens is 2. The minimum Gasteiger partial charge on any atom is -0.297 e. The van der Waals surface area contributed by atoms with Crippen molar-refractivity contribution in [1.29, 1.82) is 0 Å². The van der Waals surface area contributed by atoms with Crippen LogP contribution >= 0.6 is 23.2 Å². The molecular formula is C20H22Cl2N4O. The normalized spacial score (nSPS) is 15.9. The van der Waals surface area contributed by atoms with Gasteiger partial charge in [0.2, 0.25) is 0 Å². The Hall–Kier alpha value is -1.92. The molecule has 2 aromatic carbocycles. The number of nitrogens with one attached hydrogen (secondary N) is 1. The first-order valence-electron chi connectivity index (χ1n) is 8.86. The standard InChI is InChI=1S/C20H22Cl2N4O/c21-18-7-5-16(6-8-18)14-25-9-11-26(12-10-25)15-20(27)24-23-13-17-3-1-2-4-19(17)22/h1-8,13H,9-12,14-15H2,(H,24,27)/b23-13-.